The zero-order chi connectivity index (χ0) is 13.1. The highest BCUT2D eigenvalue weighted by molar-refractivity contribution is 5.85. The Morgan fingerprint density at radius 2 is 2.22 bits per heavy atom. The first-order valence-electron chi connectivity index (χ1n) is 5.34. The minimum absolute atomic E-state index is 0.00355. The second-order valence-electron chi connectivity index (χ2n) is 3.51. The number of rotatable bonds is 4. The molecule has 18 heavy (non-hydrogen) atoms. The Morgan fingerprint density at radius 3 is 2.83 bits per heavy atom. The molecule has 1 aromatic heterocycles. The van der Waals surface area contributed by atoms with Crippen molar-refractivity contribution < 1.29 is 19.0 Å². The van der Waals surface area contributed by atoms with E-state index in [2.05, 4.69) is 4.98 Å². The molecule has 0 fully saturated rings. The van der Waals surface area contributed by atoms with Gasteiger partial charge in [0, 0.05) is 6.54 Å². The van der Waals surface area contributed by atoms with Crippen LogP contribution in [0.1, 0.15) is 17.4 Å². The van der Waals surface area contributed by atoms with Crippen molar-refractivity contribution in [3.63, 3.8) is 0 Å². The number of aromatic nitrogens is 2. The number of aromatic carboxylic acids is 1. The Balaban J connectivity index is 2.35. The number of para-hydroxylation sites is 1. The van der Waals surface area contributed by atoms with E-state index in [0.717, 1.165) is 0 Å². The molecule has 1 N–H and O–H groups in total. The van der Waals surface area contributed by atoms with Crippen LogP contribution >= 0.6 is 0 Å². The molecule has 2 aromatic rings. The van der Waals surface area contributed by atoms with Gasteiger partial charge in [-0.15, -0.1) is 0 Å². The van der Waals surface area contributed by atoms with Crippen molar-refractivity contribution in [2.75, 3.05) is 0 Å². The summed E-state index contributed by atoms with van der Waals surface area (Å²) in [6.07, 6.45) is 1.18. The summed E-state index contributed by atoms with van der Waals surface area (Å²) in [5.41, 5.74) is 0.00355. The lowest BCUT2D eigenvalue weighted by atomic mass is 10.3. The summed E-state index contributed by atoms with van der Waals surface area (Å²) >= 11 is 0. The number of nitrogens with zero attached hydrogens (tertiary/aromatic N) is 2. The summed E-state index contributed by atoms with van der Waals surface area (Å²) in [4.78, 5) is 14.8. The van der Waals surface area contributed by atoms with E-state index in [-0.39, 0.29) is 17.5 Å². The topological polar surface area (TPSA) is 64.4 Å². The Bertz CT molecular complexity index is 580. The highest BCUT2D eigenvalue weighted by atomic mass is 19.1. The van der Waals surface area contributed by atoms with Gasteiger partial charge in [-0.1, -0.05) is 12.1 Å². The van der Waals surface area contributed by atoms with Gasteiger partial charge in [-0.25, -0.2) is 14.2 Å². The Labute approximate surface area is 102 Å². The molecule has 0 aliphatic carbocycles. The van der Waals surface area contributed by atoms with Crippen molar-refractivity contribution in [1.29, 1.82) is 0 Å². The quantitative estimate of drug-likeness (QED) is 0.905. The number of carbonyl (C=O) groups is 1. The zero-order valence-electron chi connectivity index (χ0n) is 9.63. The molecule has 94 valence electrons. The van der Waals surface area contributed by atoms with Gasteiger partial charge in [-0.3, -0.25) is 4.57 Å². The normalized spacial score (nSPS) is 10.3. The van der Waals surface area contributed by atoms with E-state index >= 15 is 0 Å². The van der Waals surface area contributed by atoms with Crippen LogP contribution in [0.3, 0.4) is 0 Å². The fraction of sp³-hybridized carbons (Fsp3) is 0.167. The molecule has 2 rings (SSSR count). The van der Waals surface area contributed by atoms with Gasteiger partial charge in [0.2, 0.25) is 0 Å². The summed E-state index contributed by atoms with van der Waals surface area (Å²) in [6.45, 7) is 2.12. The van der Waals surface area contributed by atoms with Crippen molar-refractivity contribution in [3.8, 4) is 11.8 Å². The van der Waals surface area contributed by atoms with Gasteiger partial charge in [0.1, 0.15) is 5.69 Å². The van der Waals surface area contributed by atoms with E-state index in [1.165, 1.54) is 29.0 Å². The standard InChI is InChI=1S/C12H11FN2O3/c1-2-15-9(11(16)17)7-14-12(15)18-10-6-4-3-5-8(10)13/h3-7H,2H2,1H3,(H,16,17). The largest absolute Gasteiger partial charge is 0.477 e. The third-order valence-electron chi connectivity index (χ3n) is 2.39. The SMILES string of the molecule is CCn1c(C(=O)O)cnc1Oc1ccccc1F. The maximum atomic E-state index is 13.4. The van der Waals surface area contributed by atoms with E-state index in [1.54, 1.807) is 13.0 Å². The molecule has 0 atom stereocenters. The molecular weight excluding hydrogens is 239 g/mol. The number of hydrogen-bond donors (Lipinski definition) is 1. The minimum atomic E-state index is -1.10. The fourth-order valence-corrected chi connectivity index (χ4v) is 1.54. The summed E-state index contributed by atoms with van der Waals surface area (Å²) in [5, 5.41) is 8.94. The average molecular weight is 250 g/mol. The molecule has 0 radical (unpaired) electrons. The number of halogens is 1. The first-order chi connectivity index (χ1) is 8.63. The minimum Gasteiger partial charge on any atom is -0.477 e. The van der Waals surface area contributed by atoms with E-state index in [4.69, 9.17) is 9.84 Å². The van der Waals surface area contributed by atoms with Crippen molar-refractivity contribution in [2.45, 2.75) is 13.5 Å². The first-order valence-corrected chi connectivity index (χ1v) is 5.34. The third kappa shape index (κ3) is 2.17. The second kappa shape index (κ2) is 4.87. The highest BCUT2D eigenvalue weighted by Crippen LogP contribution is 2.24. The molecular formula is C12H11FN2O3. The van der Waals surface area contributed by atoms with Crippen LogP contribution in [-0.4, -0.2) is 20.6 Å². The zero-order valence-corrected chi connectivity index (χ0v) is 9.63. The molecule has 0 bridgehead atoms. The average Bonchev–Trinajstić information content (AvgIpc) is 2.75. The lowest BCUT2D eigenvalue weighted by Gasteiger charge is -2.08. The van der Waals surface area contributed by atoms with E-state index in [1.807, 2.05) is 0 Å². The number of benzene rings is 1. The summed E-state index contributed by atoms with van der Waals surface area (Å²) in [5.74, 6) is -1.62. The van der Waals surface area contributed by atoms with E-state index in [9.17, 15) is 9.18 Å². The maximum absolute atomic E-state index is 13.4. The number of carboxylic acid groups (broad SMARTS) is 1. The van der Waals surface area contributed by atoms with Crippen LogP contribution in [0.5, 0.6) is 11.8 Å². The van der Waals surface area contributed by atoms with Crippen LogP contribution < -0.4 is 4.74 Å². The van der Waals surface area contributed by atoms with Gasteiger partial charge in [0.05, 0.1) is 6.20 Å². The van der Waals surface area contributed by atoms with E-state index in [0.29, 0.717) is 6.54 Å². The lowest BCUT2D eigenvalue weighted by Crippen LogP contribution is -2.08. The van der Waals surface area contributed by atoms with Crippen LogP contribution in [0.15, 0.2) is 30.5 Å². The monoisotopic (exact) mass is 250 g/mol. The smallest absolute Gasteiger partial charge is 0.354 e. The molecule has 0 aliphatic heterocycles. The van der Waals surface area contributed by atoms with Crippen LogP contribution in [0.2, 0.25) is 0 Å². The molecule has 1 aromatic carbocycles. The number of imidazole rings is 1. The Morgan fingerprint density at radius 1 is 1.50 bits per heavy atom. The van der Waals surface area contributed by atoms with Crippen molar-refractivity contribution in [1.82, 2.24) is 9.55 Å². The van der Waals surface area contributed by atoms with Gasteiger partial charge >= 0.3 is 12.0 Å². The second-order valence-corrected chi connectivity index (χ2v) is 3.51. The fourth-order valence-electron chi connectivity index (χ4n) is 1.54. The predicted octanol–water partition coefficient (Wildman–Crippen LogP) is 2.53. The van der Waals surface area contributed by atoms with Crippen LogP contribution in [0, 0.1) is 5.82 Å². The molecule has 0 aliphatic rings. The molecule has 1 heterocycles. The summed E-state index contributed by atoms with van der Waals surface area (Å²) < 4.78 is 20.0. The van der Waals surface area contributed by atoms with Crippen molar-refractivity contribution in [3.05, 3.63) is 42.0 Å². The van der Waals surface area contributed by atoms with Crippen LogP contribution in [-0.2, 0) is 6.54 Å². The van der Waals surface area contributed by atoms with Crippen molar-refractivity contribution >= 4 is 5.97 Å². The van der Waals surface area contributed by atoms with Crippen LogP contribution in [0.4, 0.5) is 4.39 Å². The number of hydrogen-bond acceptors (Lipinski definition) is 3. The van der Waals surface area contributed by atoms with Gasteiger partial charge in [0.25, 0.3) is 0 Å². The summed E-state index contributed by atoms with van der Waals surface area (Å²) in [6, 6.07) is 5.92. The van der Waals surface area contributed by atoms with Crippen molar-refractivity contribution in [2.24, 2.45) is 0 Å². The molecule has 0 saturated carbocycles. The molecule has 0 unspecified atom stereocenters. The Hall–Kier alpha value is -2.37. The molecule has 0 spiro atoms. The third-order valence-corrected chi connectivity index (χ3v) is 2.39. The number of ether oxygens (including phenoxy) is 1. The molecule has 5 nitrogen and oxygen atoms in total. The van der Waals surface area contributed by atoms with Gasteiger partial charge in [-0.2, -0.15) is 0 Å². The first kappa shape index (κ1) is 12.1. The van der Waals surface area contributed by atoms with Gasteiger partial charge in [0.15, 0.2) is 11.6 Å². The lowest BCUT2D eigenvalue weighted by molar-refractivity contribution is 0.0684. The molecule has 0 saturated heterocycles. The molecule has 6 heteroatoms. The van der Waals surface area contributed by atoms with Crippen LogP contribution in [0.25, 0.3) is 0 Å². The predicted molar refractivity (Wildman–Crippen MR) is 61.3 cm³/mol. The summed E-state index contributed by atoms with van der Waals surface area (Å²) in [7, 11) is 0. The number of carboxylic acids is 1. The van der Waals surface area contributed by atoms with E-state index < -0.39 is 11.8 Å². The molecule has 0 amide bonds. The maximum Gasteiger partial charge on any atom is 0.354 e. The highest BCUT2D eigenvalue weighted by Gasteiger charge is 2.16. The van der Waals surface area contributed by atoms with Gasteiger partial charge < -0.3 is 9.84 Å². The Kier molecular flexibility index (Phi) is 3.27. The van der Waals surface area contributed by atoms with Gasteiger partial charge in [-0.05, 0) is 19.1 Å².